The summed E-state index contributed by atoms with van der Waals surface area (Å²) in [5, 5.41) is 15.6. The summed E-state index contributed by atoms with van der Waals surface area (Å²) in [4.78, 5) is 17.2. The number of anilines is 2. The molecule has 10 heteroatoms. The number of likely N-dealkylation sites (tertiary alicyclic amines) is 1. The minimum atomic E-state index is -1.05. The van der Waals surface area contributed by atoms with Gasteiger partial charge in [0.2, 0.25) is 0 Å². The van der Waals surface area contributed by atoms with Crippen molar-refractivity contribution in [2.75, 3.05) is 50.4 Å². The molecule has 3 saturated heterocycles. The highest BCUT2D eigenvalue weighted by atomic mass is 19.1. The lowest BCUT2D eigenvalue weighted by Gasteiger charge is -2.55. The van der Waals surface area contributed by atoms with Gasteiger partial charge < -0.3 is 26.4 Å². The topological polar surface area (TPSA) is 109 Å². The summed E-state index contributed by atoms with van der Waals surface area (Å²) in [7, 11) is 0. The molecule has 7 rings (SSSR count). The Morgan fingerprint density at radius 3 is 2.14 bits per heavy atom. The summed E-state index contributed by atoms with van der Waals surface area (Å²) in [6.07, 6.45) is 18.9. The molecule has 0 aromatic carbocycles. The third kappa shape index (κ3) is 5.55. The first-order valence-corrected chi connectivity index (χ1v) is 18.1. The number of carbonyl (C=O) groups is 1. The molecule has 5 N–H and O–H groups in total. The Labute approximate surface area is 263 Å². The Morgan fingerprint density at radius 2 is 1.52 bits per heavy atom. The number of nitrogens with zero attached hydrogens (tertiary/aromatic N) is 3. The van der Waals surface area contributed by atoms with E-state index in [-0.39, 0.29) is 35.9 Å². The van der Waals surface area contributed by atoms with Crippen molar-refractivity contribution in [2.45, 2.75) is 145 Å². The number of alkyl halides is 1. The molecule has 44 heavy (non-hydrogen) atoms. The molecule has 1 aromatic rings. The summed E-state index contributed by atoms with van der Waals surface area (Å²) in [5.74, 6) is 0.669. The second-order valence-corrected chi connectivity index (χ2v) is 15.3. The Morgan fingerprint density at radius 1 is 0.909 bits per heavy atom. The van der Waals surface area contributed by atoms with Gasteiger partial charge in [-0.15, -0.1) is 0 Å². The van der Waals surface area contributed by atoms with Crippen molar-refractivity contribution < 1.29 is 13.9 Å². The monoisotopic (exact) mass is 613 g/mol. The van der Waals surface area contributed by atoms with E-state index < -0.39 is 11.7 Å². The number of hydrogen-bond donors (Lipinski definition) is 4. The number of amides is 1. The largest absolute Gasteiger partial charge is 0.381 e. The van der Waals surface area contributed by atoms with Crippen molar-refractivity contribution in [3.63, 3.8) is 0 Å². The van der Waals surface area contributed by atoms with Gasteiger partial charge in [0.05, 0.1) is 24.8 Å². The summed E-state index contributed by atoms with van der Waals surface area (Å²) in [5.41, 5.74) is 6.51. The summed E-state index contributed by atoms with van der Waals surface area (Å²) < 4.78 is 23.1. The van der Waals surface area contributed by atoms with Crippen LogP contribution in [-0.4, -0.2) is 83.8 Å². The minimum absolute atomic E-state index is 0.0332. The molecule has 5 fully saturated rings. The Kier molecular flexibility index (Phi) is 8.87. The molecule has 2 saturated carbocycles. The van der Waals surface area contributed by atoms with Crippen molar-refractivity contribution in [1.29, 1.82) is 0 Å². The summed E-state index contributed by atoms with van der Waals surface area (Å²) in [6.45, 7) is 5.10. The lowest BCUT2D eigenvalue weighted by molar-refractivity contribution is -0.145. The van der Waals surface area contributed by atoms with E-state index in [0.29, 0.717) is 16.8 Å². The van der Waals surface area contributed by atoms with E-state index in [9.17, 15) is 4.79 Å². The van der Waals surface area contributed by atoms with E-state index in [1.54, 1.807) is 4.68 Å². The average Bonchev–Trinajstić information content (AvgIpc) is 3.18. The number of fused-ring (bicyclic) bond motifs is 2. The van der Waals surface area contributed by atoms with E-state index in [0.717, 1.165) is 90.6 Å². The van der Waals surface area contributed by atoms with Crippen LogP contribution in [-0.2, 0) is 10.3 Å². The van der Waals surface area contributed by atoms with Gasteiger partial charge in [-0.3, -0.25) is 9.69 Å². The van der Waals surface area contributed by atoms with Crippen LogP contribution in [0.4, 0.5) is 16.0 Å². The van der Waals surface area contributed by atoms with Crippen molar-refractivity contribution >= 4 is 17.5 Å². The second kappa shape index (κ2) is 12.7. The maximum atomic E-state index is 15.7. The van der Waals surface area contributed by atoms with Gasteiger partial charge in [-0.05, 0) is 64.6 Å². The Bertz CT molecular complexity index is 1140. The van der Waals surface area contributed by atoms with Gasteiger partial charge in [-0.1, -0.05) is 70.6 Å². The molecule has 246 valence electrons. The van der Waals surface area contributed by atoms with Gasteiger partial charge in [0.15, 0.2) is 5.82 Å². The molecule has 4 aliphatic heterocycles. The molecule has 3 spiro atoms. The standard InChI is InChI=1S/C34H56FN7O2/c35-26-22-37-30-27(29(36)40-42(30)34(26)15-10-6-7-11-16-34)31(43)39-28-25(41-20-17-32(18-21-41)23-44-24-32)12-19-38-33(28)13-8-4-2-1-3-5-9-14-33/h25-26,28,37-38H,1-24H2,(H2,36,40)(H,39,43). The normalized spacial score (nSPS) is 32.2. The maximum absolute atomic E-state index is 15.7. The van der Waals surface area contributed by atoms with Crippen LogP contribution in [0.5, 0.6) is 0 Å². The smallest absolute Gasteiger partial charge is 0.259 e. The highest BCUT2D eigenvalue weighted by Crippen LogP contribution is 2.45. The molecule has 5 heterocycles. The van der Waals surface area contributed by atoms with E-state index in [1.807, 2.05) is 0 Å². The van der Waals surface area contributed by atoms with Crippen LogP contribution in [0, 0.1) is 5.41 Å². The van der Waals surface area contributed by atoms with Crippen LogP contribution in [0.3, 0.4) is 0 Å². The van der Waals surface area contributed by atoms with Crippen LogP contribution >= 0.6 is 0 Å². The fourth-order valence-corrected chi connectivity index (χ4v) is 9.86. The third-order valence-electron chi connectivity index (χ3n) is 12.6. The first kappa shape index (κ1) is 30.7. The SMILES string of the molecule is Nc1nn2c(c1C(=O)NC1C(N3CCC4(CC3)COC4)CCNC13CCCCCCCCC3)NCC(F)C21CCCCCC1. The zero-order chi connectivity index (χ0) is 30.2. The van der Waals surface area contributed by atoms with Crippen LogP contribution in [0.1, 0.15) is 126 Å². The zero-order valence-electron chi connectivity index (χ0n) is 26.8. The van der Waals surface area contributed by atoms with Crippen LogP contribution < -0.4 is 21.7 Å². The first-order chi connectivity index (χ1) is 21.5. The molecular weight excluding hydrogens is 557 g/mol. The number of nitrogen functional groups attached to an aromatic ring is 1. The highest BCUT2D eigenvalue weighted by molar-refractivity contribution is 6.03. The van der Waals surface area contributed by atoms with Crippen molar-refractivity contribution in [2.24, 2.45) is 5.41 Å². The molecular formula is C34H56FN7O2. The molecule has 9 nitrogen and oxygen atoms in total. The number of piperidine rings is 2. The maximum Gasteiger partial charge on any atom is 0.259 e. The van der Waals surface area contributed by atoms with Crippen LogP contribution in [0.25, 0.3) is 0 Å². The van der Waals surface area contributed by atoms with Crippen molar-refractivity contribution in [3.8, 4) is 0 Å². The van der Waals surface area contributed by atoms with E-state index in [2.05, 4.69) is 20.9 Å². The van der Waals surface area contributed by atoms with Gasteiger partial charge >= 0.3 is 0 Å². The molecule has 0 bridgehead atoms. The minimum Gasteiger partial charge on any atom is -0.381 e. The molecule has 3 unspecified atom stereocenters. The average molecular weight is 614 g/mol. The van der Waals surface area contributed by atoms with Gasteiger partial charge in [-0.25, -0.2) is 9.07 Å². The van der Waals surface area contributed by atoms with Gasteiger partial charge in [-0.2, -0.15) is 5.10 Å². The summed E-state index contributed by atoms with van der Waals surface area (Å²) in [6, 6.07) is 0.236. The first-order valence-electron chi connectivity index (χ1n) is 18.1. The number of carbonyl (C=O) groups excluding carboxylic acids is 1. The van der Waals surface area contributed by atoms with Gasteiger partial charge in [0.25, 0.3) is 5.91 Å². The lowest BCUT2D eigenvalue weighted by atomic mass is 9.71. The van der Waals surface area contributed by atoms with E-state index >= 15 is 4.39 Å². The third-order valence-corrected chi connectivity index (χ3v) is 12.6. The molecule has 6 aliphatic rings. The number of nitrogens with one attached hydrogen (secondary N) is 3. The number of ether oxygens (including phenoxy) is 1. The molecule has 3 atom stereocenters. The fraction of sp³-hybridized carbons (Fsp3) is 0.882. The zero-order valence-corrected chi connectivity index (χ0v) is 26.8. The number of rotatable bonds is 3. The number of nitrogens with two attached hydrogens (primary N) is 1. The Balaban J connectivity index is 1.20. The highest BCUT2D eigenvalue weighted by Gasteiger charge is 2.51. The van der Waals surface area contributed by atoms with Gasteiger partial charge in [0, 0.05) is 23.5 Å². The molecule has 2 aliphatic carbocycles. The second-order valence-electron chi connectivity index (χ2n) is 15.3. The molecule has 0 radical (unpaired) electrons. The van der Waals surface area contributed by atoms with Crippen molar-refractivity contribution in [1.82, 2.24) is 25.3 Å². The lowest BCUT2D eigenvalue weighted by Crippen LogP contribution is -2.72. The van der Waals surface area contributed by atoms with Crippen molar-refractivity contribution in [3.05, 3.63) is 5.56 Å². The van der Waals surface area contributed by atoms with E-state index in [4.69, 9.17) is 15.6 Å². The Hall–Kier alpha value is -1.91. The molecule has 1 aromatic heterocycles. The predicted molar refractivity (Wildman–Crippen MR) is 172 cm³/mol. The summed E-state index contributed by atoms with van der Waals surface area (Å²) >= 11 is 0. The predicted octanol–water partition coefficient (Wildman–Crippen LogP) is 5.11. The quantitative estimate of drug-likeness (QED) is 0.375. The fourth-order valence-electron chi connectivity index (χ4n) is 9.86. The van der Waals surface area contributed by atoms with Gasteiger partial charge in [0.1, 0.15) is 17.6 Å². The number of hydrogen-bond acceptors (Lipinski definition) is 7. The number of halogens is 1. The van der Waals surface area contributed by atoms with Crippen LogP contribution in [0.15, 0.2) is 0 Å². The molecule has 1 amide bonds. The van der Waals surface area contributed by atoms with Crippen LogP contribution in [0.2, 0.25) is 0 Å². The van der Waals surface area contributed by atoms with E-state index in [1.165, 1.54) is 57.8 Å². The number of aromatic nitrogens is 2.